The molecular formula is C31H43N2O12S4+. The number of anilines is 1. The Morgan fingerprint density at radius 2 is 1.53 bits per heavy atom. The summed E-state index contributed by atoms with van der Waals surface area (Å²) in [7, 11) is -12.7. The highest BCUT2D eigenvalue weighted by atomic mass is 32.2. The first-order valence-electron chi connectivity index (χ1n) is 15.6. The van der Waals surface area contributed by atoms with Crippen LogP contribution in [0.3, 0.4) is 0 Å². The van der Waals surface area contributed by atoms with Gasteiger partial charge in [0.25, 0.3) is 30.4 Å². The quantitative estimate of drug-likeness (QED) is 0.0409. The van der Waals surface area contributed by atoms with Crippen molar-refractivity contribution in [1.82, 2.24) is 0 Å². The molecule has 0 aliphatic carbocycles. The minimum Gasteiger partial charge on any atom is -0.367 e. The Bertz CT molecular complexity index is 1940. The minimum absolute atomic E-state index is 0.199. The van der Waals surface area contributed by atoms with E-state index in [4.69, 9.17) is 5.26 Å². The van der Waals surface area contributed by atoms with Crippen molar-refractivity contribution in [3.63, 3.8) is 0 Å². The number of unbranched alkanes of at least 4 members (excludes halogenated alkanes) is 2. The third-order valence-electron chi connectivity index (χ3n) is 9.22. The van der Waals surface area contributed by atoms with Gasteiger partial charge in [0, 0.05) is 52.7 Å². The van der Waals surface area contributed by atoms with Crippen LogP contribution in [0.25, 0.3) is 0 Å². The predicted molar refractivity (Wildman–Crippen MR) is 185 cm³/mol. The number of nitrogens with zero attached hydrogens (tertiary/aromatic N) is 2. The SMILES string of the molecule is CC1(C)C(C=CCC2N(CCCCS(=O)(=O)O)c3ccc(S(=O)(=O)O)cc3C2(C)C)=[N+](CCCCS(=O)(=O)O)c2ccc(SOOO)cc21. The third kappa shape index (κ3) is 9.49. The molecule has 2 heterocycles. The lowest BCUT2D eigenvalue weighted by Crippen LogP contribution is -2.41. The Morgan fingerprint density at radius 1 is 0.878 bits per heavy atom. The van der Waals surface area contributed by atoms with E-state index in [9.17, 15) is 38.9 Å². The molecule has 0 amide bonds. The van der Waals surface area contributed by atoms with Crippen LogP contribution in [0.2, 0.25) is 0 Å². The van der Waals surface area contributed by atoms with Crippen LogP contribution >= 0.6 is 12.0 Å². The average Bonchev–Trinajstić information content (AvgIpc) is 3.33. The summed E-state index contributed by atoms with van der Waals surface area (Å²) in [5.74, 6) is -0.732. The van der Waals surface area contributed by atoms with Gasteiger partial charge in [-0.1, -0.05) is 25.0 Å². The van der Waals surface area contributed by atoms with Gasteiger partial charge in [-0.2, -0.15) is 29.8 Å². The number of hydrogen-bond donors (Lipinski definition) is 4. The normalized spacial score (nSPS) is 18.8. The highest BCUT2D eigenvalue weighted by Crippen LogP contribution is 2.48. The summed E-state index contributed by atoms with van der Waals surface area (Å²) in [6.07, 6.45) is 5.94. The van der Waals surface area contributed by atoms with Crippen molar-refractivity contribution in [3.8, 4) is 0 Å². The fourth-order valence-corrected chi connectivity index (χ4v) is 8.85. The molecule has 4 rings (SSSR count). The van der Waals surface area contributed by atoms with Gasteiger partial charge in [0.05, 0.1) is 33.9 Å². The Morgan fingerprint density at radius 3 is 2.14 bits per heavy atom. The van der Waals surface area contributed by atoms with Gasteiger partial charge in [0.15, 0.2) is 5.71 Å². The highest BCUT2D eigenvalue weighted by Gasteiger charge is 2.46. The standard InChI is InChI=1S/C31H42N2O12S4/c1-30(2)24-20-22(46-45-44-34)12-14-26(24)32(16-5-7-18-47(35,36)37)28(30)10-9-11-29-31(3,4)25-21-23(49(41,42)43)13-15-27(25)33(29)17-6-8-19-48(38,39)40/h9-10,12-15,20-21,29H,5-8,11,16-19H2,1-4H3,(H3-,34,35,36,37,38,39,40,41,42,43)/p+1. The number of rotatable bonds is 17. The van der Waals surface area contributed by atoms with Gasteiger partial charge in [-0.05, 0) is 75.4 Å². The topological polar surface area (TPSA) is 208 Å². The smallest absolute Gasteiger partial charge is 0.294 e. The van der Waals surface area contributed by atoms with Gasteiger partial charge in [0.2, 0.25) is 5.69 Å². The van der Waals surface area contributed by atoms with Gasteiger partial charge in [-0.25, -0.2) is 5.26 Å². The van der Waals surface area contributed by atoms with Crippen LogP contribution in [-0.2, 0) is 50.6 Å². The fraction of sp³-hybridized carbons (Fsp3) is 0.516. The monoisotopic (exact) mass is 763 g/mol. The Hall–Kier alpha value is -2.39. The highest BCUT2D eigenvalue weighted by molar-refractivity contribution is 7.94. The molecule has 1 unspecified atom stereocenters. The van der Waals surface area contributed by atoms with E-state index in [1.54, 1.807) is 12.1 Å². The zero-order valence-electron chi connectivity index (χ0n) is 27.6. The van der Waals surface area contributed by atoms with Crippen molar-refractivity contribution in [1.29, 1.82) is 0 Å². The van der Waals surface area contributed by atoms with Gasteiger partial charge in [-0.15, -0.1) is 4.33 Å². The van der Waals surface area contributed by atoms with E-state index in [0.29, 0.717) is 37.2 Å². The maximum absolute atomic E-state index is 12.0. The molecular weight excluding hydrogens is 721 g/mol. The first-order chi connectivity index (χ1) is 22.7. The van der Waals surface area contributed by atoms with Crippen LogP contribution in [-0.4, -0.2) is 85.1 Å². The summed E-state index contributed by atoms with van der Waals surface area (Å²) in [5.41, 5.74) is 3.15. The van der Waals surface area contributed by atoms with E-state index >= 15 is 0 Å². The molecule has 0 radical (unpaired) electrons. The molecule has 0 aromatic heterocycles. The molecule has 0 saturated heterocycles. The fourth-order valence-electron chi connectivity index (χ4n) is 6.81. The summed E-state index contributed by atoms with van der Waals surface area (Å²) < 4.78 is 104. The molecule has 272 valence electrons. The molecule has 2 aliphatic heterocycles. The Balaban J connectivity index is 1.68. The largest absolute Gasteiger partial charge is 0.367 e. The van der Waals surface area contributed by atoms with Crippen molar-refractivity contribution >= 4 is 59.5 Å². The summed E-state index contributed by atoms with van der Waals surface area (Å²) in [4.78, 5) is 2.56. The Labute approximate surface area is 292 Å². The lowest BCUT2D eigenvalue weighted by atomic mass is 9.78. The summed E-state index contributed by atoms with van der Waals surface area (Å²) in [5, 5.41) is 12.4. The molecule has 2 aromatic carbocycles. The molecule has 4 N–H and O–H groups in total. The summed E-state index contributed by atoms with van der Waals surface area (Å²) in [6.45, 7) is 8.97. The maximum atomic E-state index is 12.0. The third-order valence-corrected chi connectivity index (χ3v) is 12.3. The second kappa shape index (κ2) is 15.1. The molecule has 0 fully saturated rings. The lowest BCUT2D eigenvalue weighted by molar-refractivity contribution is -0.438. The van der Waals surface area contributed by atoms with Crippen LogP contribution in [0, 0.1) is 0 Å². The number of hydrogen-bond acceptors (Lipinski definition) is 11. The molecule has 18 heteroatoms. The average molecular weight is 764 g/mol. The van der Waals surface area contributed by atoms with Crippen LogP contribution in [0.4, 0.5) is 11.4 Å². The van der Waals surface area contributed by atoms with Crippen molar-refractivity contribution in [3.05, 3.63) is 59.7 Å². The van der Waals surface area contributed by atoms with Crippen molar-refractivity contribution < 1.29 is 58.1 Å². The molecule has 1 atom stereocenters. The van der Waals surface area contributed by atoms with Crippen molar-refractivity contribution in [2.75, 3.05) is 29.5 Å². The molecule has 0 saturated carbocycles. The van der Waals surface area contributed by atoms with E-state index in [2.05, 4.69) is 32.7 Å². The number of benzene rings is 2. The van der Waals surface area contributed by atoms with Crippen molar-refractivity contribution in [2.24, 2.45) is 0 Å². The van der Waals surface area contributed by atoms with Crippen molar-refractivity contribution in [2.45, 2.75) is 86.5 Å². The maximum Gasteiger partial charge on any atom is 0.294 e. The second-order valence-corrected chi connectivity index (χ2v) is 18.6. The zero-order valence-corrected chi connectivity index (χ0v) is 30.9. The molecule has 14 nitrogen and oxygen atoms in total. The zero-order chi connectivity index (χ0) is 36.4. The van der Waals surface area contributed by atoms with E-state index < -0.39 is 41.2 Å². The first kappa shape index (κ1) is 39.4. The molecule has 2 aromatic rings. The second-order valence-electron chi connectivity index (χ2n) is 13.3. The number of allylic oxidation sites excluding steroid dienone is 1. The first-order valence-corrected chi connectivity index (χ1v) is 21.0. The molecule has 2 aliphatic rings. The van der Waals surface area contributed by atoms with E-state index in [-0.39, 0.29) is 35.3 Å². The van der Waals surface area contributed by atoms with Gasteiger partial charge in [0.1, 0.15) is 6.54 Å². The molecule has 0 spiro atoms. The summed E-state index contributed by atoms with van der Waals surface area (Å²) in [6, 6.07) is 9.88. The lowest BCUT2D eigenvalue weighted by Gasteiger charge is -2.34. The Kier molecular flexibility index (Phi) is 12.1. The van der Waals surface area contributed by atoms with Crippen LogP contribution in [0.1, 0.15) is 70.9 Å². The number of fused-ring (bicyclic) bond motifs is 2. The van der Waals surface area contributed by atoms with Gasteiger partial charge in [-0.3, -0.25) is 13.7 Å². The molecule has 0 bridgehead atoms. The van der Waals surface area contributed by atoms with Gasteiger partial charge >= 0.3 is 0 Å². The van der Waals surface area contributed by atoms with Crippen LogP contribution in [0.5, 0.6) is 0 Å². The molecule has 49 heavy (non-hydrogen) atoms. The minimum atomic E-state index is -4.46. The van der Waals surface area contributed by atoms with E-state index in [1.165, 1.54) is 12.1 Å². The van der Waals surface area contributed by atoms with Crippen LogP contribution < -0.4 is 4.90 Å². The van der Waals surface area contributed by atoms with E-state index in [0.717, 1.165) is 40.3 Å². The predicted octanol–water partition coefficient (Wildman–Crippen LogP) is 5.19. The van der Waals surface area contributed by atoms with E-state index in [1.807, 2.05) is 38.1 Å². The summed E-state index contributed by atoms with van der Waals surface area (Å²) >= 11 is 0.836. The van der Waals surface area contributed by atoms with Crippen LogP contribution in [0.15, 0.2) is 58.3 Å². The van der Waals surface area contributed by atoms with Gasteiger partial charge < -0.3 is 4.90 Å².